The van der Waals surface area contributed by atoms with Gasteiger partial charge in [0.05, 0.1) is 4.47 Å². The molecule has 2 aromatic rings. The zero-order valence-corrected chi connectivity index (χ0v) is 12.7. The highest BCUT2D eigenvalue weighted by Crippen LogP contribution is 2.22. The minimum absolute atomic E-state index is 0.221. The molecule has 0 saturated carbocycles. The molecule has 94 valence electrons. The van der Waals surface area contributed by atoms with Gasteiger partial charge in [-0.1, -0.05) is 29.8 Å². The van der Waals surface area contributed by atoms with Crippen molar-refractivity contribution >= 4 is 39.3 Å². The molecule has 0 spiro atoms. The van der Waals surface area contributed by atoms with Crippen LogP contribution in [-0.4, -0.2) is 0 Å². The van der Waals surface area contributed by atoms with Crippen LogP contribution in [0.1, 0.15) is 11.1 Å². The molecule has 0 nitrogen and oxygen atoms in total. The molecule has 0 heterocycles. The van der Waals surface area contributed by atoms with Crippen molar-refractivity contribution in [3.8, 4) is 0 Å². The van der Waals surface area contributed by atoms with Crippen molar-refractivity contribution in [2.24, 2.45) is 0 Å². The maximum atomic E-state index is 13.1. The second-order valence-electron chi connectivity index (χ2n) is 3.87. The number of rotatable bonds is 4. The second-order valence-corrected chi connectivity index (χ2v) is 6.14. The molecule has 0 aromatic heterocycles. The van der Waals surface area contributed by atoms with E-state index < -0.39 is 0 Å². The van der Waals surface area contributed by atoms with E-state index in [1.54, 1.807) is 11.8 Å². The Morgan fingerprint density at radius 2 is 1.61 bits per heavy atom. The lowest BCUT2D eigenvalue weighted by Gasteiger charge is -2.04. The van der Waals surface area contributed by atoms with Gasteiger partial charge in [0.25, 0.3) is 0 Å². The Morgan fingerprint density at radius 3 is 2.28 bits per heavy atom. The Labute approximate surface area is 124 Å². The lowest BCUT2D eigenvalue weighted by atomic mass is 10.2. The van der Waals surface area contributed by atoms with Gasteiger partial charge in [-0.2, -0.15) is 11.8 Å². The second kappa shape index (κ2) is 6.60. The van der Waals surface area contributed by atoms with E-state index in [1.807, 2.05) is 36.4 Å². The fourth-order valence-electron chi connectivity index (χ4n) is 1.50. The molecule has 0 aliphatic heterocycles. The van der Waals surface area contributed by atoms with Crippen molar-refractivity contribution in [1.82, 2.24) is 0 Å². The monoisotopic (exact) mass is 344 g/mol. The van der Waals surface area contributed by atoms with Crippen molar-refractivity contribution in [1.29, 1.82) is 0 Å². The Kier molecular flexibility index (Phi) is 5.10. The van der Waals surface area contributed by atoms with E-state index in [9.17, 15) is 4.39 Å². The summed E-state index contributed by atoms with van der Waals surface area (Å²) in [5.41, 5.74) is 2.35. The van der Waals surface area contributed by atoms with E-state index >= 15 is 0 Å². The van der Waals surface area contributed by atoms with Gasteiger partial charge in [0.1, 0.15) is 5.82 Å². The molecule has 0 N–H and O–H groups in total. The Morgan fingerprint density at radius 1 is 1.00 bits per heavy atom. The molecule has 0 aliphatic rings. The standard InChI is InChI=1S/C14H11BrClFS/c15-13-7-11(3-6-14(13)17)9-18-8-10-1-4-12(16)5-2-10/h1-7H,8-9H2. The SMILES string of the molecule is Fc1ccc(CSCc2ccc(Cl)cc2)cc1Br. The molecule has 0 bridgehead atoms. The van der Waals surface area contributed by atoms with Crippen molar-refractivity contribution in [2.45, 2.75) is 11.5 Å². The highest BCUT2D eigenvalue weighted by atomic mass is 79.9. The lowest BCUT2D eigenvalue weighted by molar-refractivity contribution is 0.620. The van der Waals surface area contributed by atoms with Crippen LogP contribution in [0.4, 0.5) is 4.39 Å². The van der Waals surface area contributed by atoms with Gasteiger partial charge in [-0.25, -0.2) is 4.39 Å². The highest BCUT2D eigenvalue weighted by Gasteiger charge is 2.01. The van der Waals surface area contributed by atoms with Crippen LogP contribution in [0, 0.1) is 5.82 Å². The average Bonchev–Trinajstić information content (AvgIpc) is 2.36. The fraction of sp³-hybridized carbons (Fsp3) is 0.143. The van der Waals surface area contributed by atoms with Gasteiger partial charge >= 0.3 is 0 Å². The summed E-state index contributed by atoms with van der Waals surface area (Å²) in [6, 6.07) is 13.0. The van der Waals surface area contributed by atoms with Gasteiger partial charge in [0.2, 0.25) is 0 Å². The van der Waals surface area contributed by atoms with Crippen LogP contribution >= 0.6 is 39.3 Å². The van der Waals surface area contributed by atoms with Gasteiger partial charge in [0.15, 0.2) is 0 Å². The van der Waals surface area contributed by atoms with Crippen molar-refractivity contribution in [3.63, 3.8) is 0 Å². The summed E-state index contributed by atoms with van der Waals surface area (Å²) in [4.78, 5) is 0. The minimum Gasteiger partial charge on any atom is -0.206 e. The zero-order chi connectivity index (χ0) is 13.0. The smallest absolute Gasteiger partial charge is 0.137 e. The molecule has 2 rings (SSSR count). The van der Waals surface area contributed by atoms with E-state index in [-0.39, 0.29) is 5.82 Å². The van der Waals surface area contributed by atoms with Crippen LogP contribution in [0.5, 0.6) is 0 Å². The molecule has 0 amide bonds. The summed E-state index contributed by atoms with van der Waals surface area (Å²) in [7, 11) is 0. The summed E-state index contributed by atoms with van der Waals surface area (Å²) >= 11 is 10.8. The number of hydrogen-bond donors (Lipinski definition) is 0. The van der Waals surface area contributed by atoms with Gasteiger partial charge < -0.3 is 0 Å². The molecule has 0 radical (unpaired) electrons. The molecule has 0 unspecified atom stereocenters. The molecular weight excluding hydrogens is 335 g/mol. The largest absolute Gasteiger partial charge is 0.206 e. The van der Waals surface area contributed by atoms with Gasteiger partial charge in [-0.05, 0) is 51.3 Å². The fourth-order valence-corrected chi connectivity index (χ4v) is 2.99. The van der Waals surface area contributed by atoms with Crippen LogP contribution in [0.2, 0.25) is 5.02 Å². The minimum atomic E-state index is -0.221. The molecule has 0 aliphatic carbocycles. The van der Waals surface area contributed by atoms with E-state index in [0.717, 1.165) is 22.1 Å². The first-order valence-corrected chi connectivity index (χ1v) is 7.74. The first-order valence-electron chi connectivity index (χ1n) is 5.41. The van der Waals surface area contributed by atoms with Crippen molar-refractivity contribution in [3.05, 3.63) is 68.9 Å². The third kappa shape index (κ3) is 4.01. The Hall–Kier alpha value is -0.510. The van der Waals surface area contributed by atoms with E-state index in [0.29, 0.717) is 4.47 Å². The van der Waals surface area contributed by atoms with Crippen LogP contribution < -0.4 is 0 Å². The van der Waals surface area contributed by atoms with Gasteiger partial charge in [-0.15, -0.1) is 0 Å². The first-order chi connectivity index (χ1) is 8.65. The summed E-state index contributed by atoms with van der Waals surface area (Å²) in [5.74, 6) is 1.56. The first kappa shape index (κ1) is 13.9. The van der Waals surface area contributed by atoms with Crippen molar-refractivity contribution < 1.29 is 4.39 Å². The summed E-state index contributed by atoms with van der Waals surface area (Å²) < 4.78 is 13.6. The predicted octanol–water partition coefficient (Wildman–Crippen LogP) is 5.68. The van der Waals surface area contributed by atoms with Crippen molar-refractivity contribution in [2.75, 3.05) is 0 Å². The number of halogens is 3. The summed E-state index contributed by atoms with van der Waals surface area (Å²) in [5, 5.41) is 0.756. The van der Waals surface area contributed by atoms with Gasteiger partial charge in [0, 0.05) is 16.5 Å². The molecule has 2 aromatic carbocycles. The maximum Gasteiger partial charge on any atom is 0.137 e. The number of thioether (sulfide) groups is 1. The molecule has 18 heavy (non-hydrogen) atoms. The lowest BCUT2D eigenvalue weighted by Crippen LogP contribution is -1.85. The van der Waals surface area contributed by atoms with Crippen LogP contribution in [0.3, 0.4) is 0 Å². The normalized spacial score (nSPS) is 10.6. The predicted molar refractivity (Wildman–Crippen MR) is 80.6 cm³/mol. The van der Waals surface area contributed by atoms with Gasteiger partial charge in [-0.3, -0.25) is 0 Å². The van der Waals surface area contributed by atoms with Crippen LogP contribution in [0.25, 0.3) is 0 Å². The summed E-state index contributed by atoms with van der Waals surface area (Å²) in [6.45, 7) is 0. The Bertz CT molecular complexity index is 528. The zero-order valence-electron chi connectivity index (χ0n) is 9.50. The maximum absolute atomic E-state index is 13.1. The molecule has 4 heteroatoms. The quantitative estimate of drug-likeness (QED) is 0.687. The number of hydrogen-bond acceptors (Lipinski definition) is 1. The van der Waals surface area contributed by atoms with E-state index in [1.165, 1.54) is 11.6 Å². The topological polar surface area (TPSA) is 0 Å². The van der Waals surface area contributed by atoms with E-state index in [2.05, 4.69) is 15.9 Å². The Balaban J connectivity index is 1.88. The summed E-state index contributed by atoms with van der Waals surface area (Å²) in [6.07, 6.45) is 0. The highest BCUT2D eigenvalue weighted by molar-refractivity contribution is 9.10. The molecule has 0 atom stereocenters. The number of benzene rings is 2. The molecule has 0 saturated heterocycles. The van der Waals surface area contributed by atoms with Crippen LogP contribution in [0.15, 0.2) is 46.9 Å². The third-order valence-electron chi connectivity index (χ3n) is 2.43. The molecular formula is C14H11BrClFS. The van der Waals surface area contributed by atoms with Crippen LogP contribution in [-0.2, 0) is 11.5 Å². The third-order valence-corrected chi connectivity index (χ3v) is 4.37. The van der Waals surface area contributed by atoms with E-state index in [4.69, 9.17) is 11.6 Å². The molecule has 0 fully saturated rings. The average molecular weight is 346 g/mol.